The van der Waals surface area contributed by atoms with Crippen molar-refractivity contribution in [3.05, 3.63) is 29.6 Å². The molecule has 1 atom stereocenters. The summed E-state index contributed by atoms with van der Waals surface area (Å²) in [5, 5.41) is 12.9. The smallest absolute Gasteiger partial charge is 0.126 e. The molecule has 0 fully saturated rings. The lowest BCUT2D eigenvalue weighted by molar-refractivity contribution is 0.152. The van der Waals surface area contributed by atoms with Crippen LogP contribution in [0.4, 0.5) is 4.39 Å². The van der Waals surface area contributed by atoms with Crippen LogP contribution >= 0.6 is 0 Å². The summed E-state index contributed by atoms with van der Waals surface area (Å²) < 4.78 is 18.8. The molecule has 0 aliphatic heterocycles. The van der Waals surface area contributed by atoms with Gasteiger partial charge in [-0.05, 0) is 44.7 Å². The molecule has 0 bridgehead atoms. The fourth-order valence-corrected chi connectivity index (χ4v) is 2.42. The fraction of sp³-hybridized carbons (Fsp3) is 0.647. The van der Waals surface area contributed by atoms with E-state index in [4.69, 9.17) is 4.74 Å². The van der Waals surface area contributed by atoms with Crippen molar-refractivity contribution in [2.24, 2.45) is 0 Å². The van der Waals surface area contributed by atoms with Crippen LogP contribution in [0.15, 0.2) is 18.2 Å². The molecule has 0 saturated carbocycles. The number of halogens is 1. The predicted octanol–water partition coefficient (Wildman–Crippen LogP) is 3.43. The van der Waals surface area contributed by atoms with E-state index < -0.39 is 0 Å². The van der Waals surface area contributed by atoms with E-state index in [1.165, 1.54) is 12.1 Å². The first-order chi connectivity index (χ1) is 9.86. The van der Waals surface area contributed by atoms with E-state index in [-0.39, 0.29) is 18.0 Å². The van der Waals surface area contributed by atoms with Crippen LogP contribution in [0.1, 0.15) is 45.6 Å². The molecule has 0 amide bonds. The minimum absolute atomic E-state index is 0.120. The summed E-state index contributed by atoms with van der Waals surface area (Å²) in [5.41, 5.74) is 0.696. The number of aliphatic hydroxyl groups excluding tert-OH is 1. The molecule has 0 saturated heterocycles. The number of unbranched alkanes of at least 4 members (excludes halogenated alkanes) is 1. The zero-order valence-corrected chi connectivity index (χ0v) is 13.6. The summed E-state index contributed by atoms with van der Waals surface area (Å²) in [6.07, 6.45) is 2.71. The van der Waals surface area contributed by atoms with Crippen molar-refractivity contribution in [1.29, 1.82) is 0 Å². The number of aliphatic hydroxyl groups is 1. The third-order valence-electron chi connectivity index (χ3n) is 3.52. The molecular formula is C17H28FNO2. The van der Waals surface area contributed by atoms with Gasteiger partial charge in [-0.15, -0.1) is 0 Å². The molecule has 4 heteroatoms. The van der Waals surface area contributed by atoms with Gasteiger partial charge in [-0.25, -0.2) is 4.39 Å². The molecule has 0 heterocycles. The minimum atomic E-state index is -0.274. The van der Waals surface area contributed by atoms with Gasteiger partial charge in [-0.3, -0.25) is 0 Å². The largest absolute Gasteiger partial charge is 0.493 e. The number of hydrogen-bond acceptors (Lipinski definition) is 3. The van der Waals surface area contributed by atoms with Crippen molar-refractivity contribution >= 4 is 0 Å². The Hall–Kier alpha value is -1.13. The quantitative estimate of drug-likeness (QED) is 0.686. The van der Waals surface area contributed by atoms with Crippen molar-refractivity contribution in [2.75, 3.05) is 13.2 Å². The predicted molar refractivity (Wildman–Crippen MR) is 84.2 cm³/mol. The summed E-state index contributed by atoms with van der Waals surface area (Å²) >= 11 is 0. The monoisotopic (exact) mass is 297 g/mol. The molecule has 21 heavy (non-hydrogen) atoms. The molecule has 1 aromatic rings. The van der Waals surface area contributed by atoms with Crippen LogP contribution in [-0.2, 0) is 0 Å². The zero-order chi connectivity index (χ0) is 15.9. The number of rotatable bonds is 9. The maximum Gasteiger partial charge on any atom is 0.126 e. The van der Waals surface area contributed by atoms with Gasteiger partial charge in [-0.2, -0.15) is 0 Å². The van der Waals surface area contributed by atoms with Crippen molar-refractivity contribution in [3.63, 3.8) is 0 Å². The lowest BCUT2D eigenvalue weighted by Crippen LogP contribution is -2.49. The van der Waals surface area contributed by atoms with Gasteiger partial charge in [0.2, 0.25) is 0 Å². The second kappa shape index (κ2) is 8.35. The van der Waals surface area contributed by atoms with E-state index in [0.717, 1.165) is 24.8 Å². The van der Waals surface area contributed by atoms with Crippen LogP contribution in [0, 0.1) is 12.7 Å². The maximum atomic E-state index is 13.1. The highest BCUT2D eigenvalue weighted by molar-refractivity contribution is 5.32. The summed E-state index contributed by atoms with van der Waals surface area (Å²) in [4.78, 5) is 0. The van der Waals surface area contributed by atoms with Crippen LogP contribution in [0.3, 0.4) is 0 Å². The highest BCUT2D eigenvalue weighted by atomic mass is 19.1. The van der Waals surface area contributed by atoms with Crippen LogP contribution in [-0.4, -0.2) is 29.9 Å². The Labute approximate surface area is 127 Å². The first-order valence-electron chi connectivity index (χ1n) is 7.64. The molecule has 0 radical (unpaired) electrons. The van der Waals surface area contributed by atoms with E-state index in [1.807, 2.05) is 13.8 Å². The number of ether oxygens (including phenoxy) is 1. The molecule has 120 valence electrons. The fourth-order valence-electron chi connectivity index (χ4n) is 2.42. The molecule has 1 unspecified atom stereocenters. The van der Waals surface area contributed by atoms with Crippen molar-refractivity contribution in [2.45, 2.75) is 58.5 Å². The Balaban J connectivity index is 2.32. The first-order valence-corrected chi connectivity index (χ1v) is 7.64. The average molecular weight is 297 g/mol. The Bertz CT molecular complexity index is 437. The second-order valence-corrected chi connectivity index (χ2v) is 6.23. The molecule has 3 nitrogen and oxygen atoms in total. The third-order valence-corrected chi connectivity index (χ3v) is 3.52. The Kier molecular flexibility index (Phi) is 7.12. The van der Waals surface area contributed by atoms with Crippen molar-refractivity contribution < 1.29 is 14.2 Å². The molecular weight excluding hydrogens is 269 g/mol. The van der Waals surface area contributed by atoms with E-state index >= 15 is 0 Å². The number of benzene rings is 1. The van der Waals surface area contributed by atoms with Crippen LogP contribution in [0.2, 0.25) is 0 Å². The van der Waals surface area contributed by atoms with Gasteiger partial charge >= 0.3 is 0 Å². The lowest BCUT2D eigenvalue weighted by atomic mass is 9.95. The SMILES string of the molecule is Cc1ccc(F)cc1OCCCCC(C)(CO)NC(C)C. The van der Waals surface area contributed by atoms with Crippen molar-refractivity contribution in [1.82, 2.24) is 5.32 Å². The van der Waals surface area contributed by atoms with Gasteiger partial charge in [0, 0.05) is 17.6 Å². The second-order valence-electron chi connectivity index (χ2n) is 6.23. The Morgan fingerprint density at radius 2 is 2.05 bits per heavy atom. The van der Waals surface area contributed by atoms with Gasteiger partial charge in [-0.1, -0.05) is 19.9 Å². The molecule has 1 aromatic carbocycles. The van der Waals surface area contributed by atoms with Crippen molar-refractivity contribution in [3.8, 4) is 5.75 Å². The van der Waals surface area contributed by atoms with Gasteiger partial charge in [0.15, 0.2) is 0 Å². The van der Waals surface area contributed by atoms with Gasteiger partial charge < -0.3 is 15.2 Å². The Morgan fingerprint density at radius 3 is 2.67 bits per heavy atom. The zero-order valence-electron chi connectivity index (χ0n) is 13.6. The third kappa shape index (κ3) is 6.44. The lowest BCUT2D eigenvalue weighted by Gasteiger charge is -2.31. The molecule has 0 aliphatic rings. The minimum Gasteiger partial charge on any atom is -0.493 e. The van der Waals surface area contributed by atoms with E-state index in [9.17, 15) is 9.50 Å². The number of nitrogens with one attached hydrogen (secondary N) is 1. The van der Waals surface area contributed by atoms with E-state index in [0.29, 0.717) is 18.4 Å². The average Bonchev–Trinajstić information content (AvgIpc) is 2.41. The van der Waals surface area contributed by atoms with E-state index in [1.54, 1.807) is 6.07 Å². The topological polar surface area (TPSA) is 41.5 Å². The van der Waals surface area contributed by atoms with Crippen LogP contribution in [0.5, 0.6) is 5.75 Å². The highest BCUT2D eigenvalue weighted by Gasteiger charge is 2.22. The number of aryl methyl sites for hydroxylation is 1. The summed E-state index contributed by atoms with van der Waals surface area (Å²) in [5.74, 6) is 0.338. The Morgan fingerprint density at radius 1 is 1.33 bits per heavy atom. The standard InChI is InChI=1S/C17H28FNO2/c1-13(2)19-17(4,12-20)9-5-6-10-21-16-11-15(18)8-7-14(16)3/h7-8,11,13,19-20H,5-6,9-10,12H2,1-4H3. The summed E-state index contributed by atoms with van der Waals surface area (Å²) in [7, 11) is 0. The molecule has 0 aliphatic carbocycles. The van der Waals surface area contributed by atoms with Gasteiger partial charge in [0.05, 0.1) is 13.2 Å². The first kappa shape index (κ1) is 17.9. The number of hydrogen-bond donors (Lipinski definition) is 2. The van der Waals surface area contributed by atoms with Gasteiger partial charge in [0.25, 0.3) is 0 Å². The van der Waals surface area contributed by atoms with E-state index in [2.05, 4.69) is 19.2 Å². The summed E-state index contributed by atoms with van der Waals surface area (Å²) in [6, 6.07) is 4.92. The normalized spacial score (nSPS) is 14.2. The molecule has 2 N–H and O–H groups in total. The molecule has 0 spiro atoms. The molecule has 0 aromatic heterocycles. The van der Waals surface area contributed by atoms with Crippen LogP contribution < -0.4 is 10.1 Å². The highest BCUT2D eigenvalue weighted by Crippen LogP contribution is 2.20. The molecule has 1 rings (SSSR count). The van der Waals surface area contributed by atoms with Crippen LogP contribution in [0.25, 0.3) is 0 Å². The summed E-state index contributed by atoms with van der Waals surface area (Å²) in [6.45, 7) is 8.77. The van der Waals surface area contributed by atoms with Gasteiger partial charge in [0.1, 0.15) is 11.6 Å². The maximum absolute atomic E-state index is 13.1.